The molecule has 152 valence electrons. The minimum Gasteiger partial charge on any atom is -0.328 e. The Bertz CT molecular complexity index is 926. The lowest BCUT2D eigenvalue weighted by Gasteiger charge is -2.34. The Balaban J connectivity index is 1.88. The van der Waals surface area contributed by atoms with Crippen LogP contribution >= 0.6 is 0 Å². The van der Waals surface area contributed by atoms with Crippen LogP contribution in [0.3, 0.4) is 0 Å². The zero-order chi connectivity index (χ0) is 20.3. The lowest BCUT2D eigenvalue weighted by atomic mass is 9.94. The Labute approximate surface area is 167 Å². The molecular weight excluding hydrogens is 374 g/mol. The Morgan fingerprint density at radius 3 is 2.61 bits per heavy atom. The van der Waals surface area contributed by atoms with Crippen LogP contribution in [0, 0.1) is 11.8 Å². The molecule has 0 N–H and O–H groups in total. The summed E-state index contributed by atoms with van der Waals surface area (Å²) in [5.41, 5.74) is 0.350. The zero-order valence-corrected chi connectivity index (χ0v) is 17.7. The standard InChI is InChI=1S/C21H29N3O3S/c1-4-5-10-23-11-9-22-21(23)20(25)18-7-6-8-19(13-18)28(26,27)24-14-16(2)12-17(3)15-24/h6-9,11,13,16-17H,4-5,10,12,14-15H2,1-3H3/t16-,17+. The second-order valence-corrected chi connectivity index (χ2v) is 9.86. The molecule has 2 aromatic rings. The molecule has 0 bridgehead atoms. The molecular formula is C21H29N3O3S. The van der Waals surface area contributed by atoms with Crippen molar-refractivity contribution in [2.45, 2.75) is 51.5 Å². The number of nitrogens with zero attached hydrogens (tertiary/aromatic N) is 3. The Morgan fingerprint density at radius 2 is 1.93 bits per heavy atom. The maximum atomic E-state index is 13.1. The summed E-state index contributed by atoms with van der Waals surface area (Å²) in [6.45, 7) is 8.01. The second-order valence-electron chi connectivity index (χ2n) is 7.92. The molecule has 1 aliphatic rings. The average molecular weight is 404 g/mol. The fraction of sp³-hybridized carbons (Fsp3) is 0.524. The van der Waals surface area contributed by atoms with Crippen molar-refractivity contribution in [3.05, 3.63) is 48.0 Å². The monoisotopic (exact) mass is 403 g/mol. The van der Waals surface area contributed by atoms with E-state index in [-0.39, 0.29) is 10.7 Å². The number of rotatable bonds is 7. The number of benzene rings is 1. The molecule has 6 nitrogen and oxygen atoms in total. The van der Waals surface area contributed by atoms with E-state index in [1.165, 1.54) is 6.07 Å². The van der Waals surface area contributed by atoms with Gasteiger partial charge in [0.05, 0.1) is 4.90 Å². The van der Waals surface area contributed by atoms with Crippen LogP contribution in [0.25, 0.3) is 0 Å². The van der Waals surface area contributed by atoms with E-state index in [2.05, 4.69) is 25.8 Å². The summed E-state index contributed by atoms with van der Waals surface area (Å²) in [5, 5.41) is 0. The number of hydrogen-bond donors (Lipinski definition) is 0. The van der Waals surface area contributed by atoms with Crippen LogP contribution < -0.4 is 0 Å². The highest BCUT2D eigenvalue weighted by Gasteiger charge is 2.32. The molecule has 2 heterocycles. The highest BCUT2D eigenvalue weighted by Crippen LogP contribution is 2.27. The molecule has 1 aromatic carbocycles. The predicted molar refractivity (Wildman–Crippen MR) is 109 cm³/mol. The lowest BCUT2D eigenvalue weighted by molar-refractivity contribution is 0.102. The first kappa shape index (κ1) is 20.7. The van der Waals surface area contributed by atoms with Gasteiger partial charge in [-0.2, -0.15) is 4.31 Å². The first-order valence-corrected chi connectivity index (χ1v) is 11.4. The Morgan fingerprint density at radius 1 is 1.21 bits per heavy atom. The van der Waals surface area contributed by atoms with E-state index in [0.717, 1.165) is 25.8 Å². The van der Waals surface area contributed by atoms with Crippen molar-refractivity contribution in [1.82, 2.24) is 13.9 Å². The van der Waals surface area contributed by atoms with E-state index >= 15 is 0 Å². The fourth-order valence-electron chi connectivity index (χ4n) is 3.91. The number of sulfonamides is 1. The largest absolute Gasteiger partial charge is 0.328 e. The number of ketones is 1. The highest BCUT2D eigenvalue weighted by atomic mass is 32.2. The summed E-state index contributed by atoms with van der Waals surface area (Å²) in [7, 11) is -3.62. The van der Waals surface area contributed by atoms with Crippen molar-refractivity contribution in [2.24, 2.45) is 11.8 Å². The SMILES string of the molecule is CCCCn1ccnc1C(=O)c1cccc(S(=O)(=O)N2C[C@H](C)C[C@H](C)C2)c1. The van der Waals surface area contributed by atoms with Gasteiger partial charge in [-0.15, -0.1) is 0 Å². The number of hydrogen-bond acceptors (Lipinski definition) is 4. The van der Waals surface area contributed by atoms with E-state index in [1.54, 1.807) is 34.9 Å². The molecule has 0 spiro atoms. The summed E-state index contributed by atoms with van der Waals surface area (Å²) in [4.78, 5) is 17.3. The maximum Gasteiger partial charge on any atom is 0.243 e. The van der Waals surface area contributed by atoms with Gasteiger partial charge >= 0.3 is 0 Å². The highest BCUT2D eigenvalue weighted by molar-refractivity contribution is 7.89. The molecule has 3 rings (SSSR count). The molecule has 0 saturated carbocycles. The third-order valence-corrected chi connectivity index (χ3v) is 7.07. The average Bonchev–Trinajstić information content (AvgIpc) is 3.13. The molecule has 28 heavy (non-hydrogen) atoms. The number of aryl methyl sites for hydroxylation is 1. The van der Waals surface area contributed by atoms with Crippen molar-refractivity contribution >= 4 is 15.8 Å². The van der Waals surface area contributed by atoms with Crippen LogP contribution in [0.5, 0.6) is 0 Å². The molecule has 1 aliphatic heterocycles. The molecule has 1 saturated heterocycles. The van der Waals surface area contributed by atoms with Crippen LogP contribution in [0.1, 0.15) is 56.2 Å². The first-order chi connectivity index (χ1) is 13.3. The lowest BCUT2D eigenvalue weighted by Crippen LogP contribution is -2.42. The zero-order valence-electron chi connectivity index (χ0n) is 16.8. The quantitative estimate of drug-likeness (QED) is 0.663. The van der Waals surface area contributed by atoms with Gasteiger partial charge in [0.15, 0.2) is 5.82 Å². The fourth-order valence-corrected chi connectivity index (χ4v) is 5.63. The number of carbonyl (C=O) groups excluding carboxylic acids is 1. The van der Waals surface area contributed by atoms with Gasteiger partial charge in [-0.3, -0.25) is 4.79 Å². The molecule has 0 unspecified atom stereocenters. The molecule has 0 aliphatic carbocycles. The van der Waals surface area contributed by atoms with Gasteiger partial charge in [0.25, 0.3) is 0 Å². The molecule has 1 aromatic heterocycles. The van der Waals surface area contributed by atoms with Gasteiger partial charge in [0.1, 0.15) is 0 Å². The number of carbonyl (C=O) groups is 1. The molecule has 7 heteroatoms. The maximum absolute atomic E-state index is 13.1. The predicted octanol–water partition coefficient (Wildman–Crippen LogP) is 3.58. The summed E-state index contributed by atoms with van der Waals surface area (Å²) >= 11 is 0. The molecule has 0 amide bonds. The Kier molecular flexibility index (Phi) is 6.35. The van der Waals surface area contributed by atoms with Crippen molar-refractivity contribution in [1.29, 1.82) is 0 Å². The second kappa shape index (κ2) is 8.57. The first-order valence-electron chi connectivity index (χ1n) is 9.99. The van der Waals surface area contributed by atoms with Crippen molar-refractivity contribution < 1.29 is 13.2 Å². The van der Waals surface area contributed by atoms with Crippen LogP contribution in [0.4, 0.5) is 0 Å². The van der Waals surface area contributed by atoms with E-state index in [9.17, 15) is 13.2 Å². The van der Waals surface area contributed by atoms with Crippen LogP contribution in [0.2, 0.25) is 0 Å². The van der Waals surface area contributed by atoms with Gasteiger partial charge in [-0.05, 0) is 36.8 Å². The van der Waals surface area contributed by atoms with Gasteiger partial charge in [-0.25, -0.2) is 13.4 Å². The van der Waals surface area contributed by atoms with E-state index in [1.807, 2.05) is 4.57 Å². The van der Waals surface area contributed by atoms with E-state index in [4.69, 9.17) is 0 Å². The van der Waals surface area contributed by atoms with Crippen LogP contribution in [0.15, 0.2) is 41.6 Å². The summed E-state index contributed by atoms with van der Waals surface area (Å²) in [5.74, 6) is 0.755. The van der Waals surface area contributed by atoms with Crippen molar-refractivity contribution in [3.63, 3.8) is 0 Å². The smallest absolute Gasteiger partial charge is 0.243 e. The van der Waals surface area contributed by atoms with Crippen LogP contribution in [-0.2, 0) is 16.6 Å². The van der Waals surface area contributed by atoms with E-state index < -0.39 is 10.0 Å². The van der Waals surface area contributed by atoms with Gasteiger partial charge in [0, 0.05) is 37.6 Å². The van der Waals surface area contributed by atoms with E-state index in [0.29, 0.717) is 36.3 Å². The minimum atomic E-state index is -3.62. The third kappa shape index (κ3) is 4.36. The topological polar surface area (TPSA) is 72.3 Å². The normalized spacial score (nSPS) is 21.0. The number of unbranched alkanes of at least 4 members (excludes halogenated alkanes) is 1. The summed E-state index contributed by atoms with van der Waals surface area (Å²) in [6.07, 6.45) is 6.41. The van der Waals surface area contributed by atoms with Gasteiger partial charge in [-0.1, -0.05) is 39.3 Å². The molecule has 2 atom stereocenters. The van der Waals surface area contributed by atoms with Crippen molar-refractivity contribution in [3.8, 4) is 0 Å². The van der Waals surface area contributed by atoms with Gasteiger partial charge < -0.3 is 4.57 Å². The van der Waals surface area contributed by atoms with Crippen LogP contribution in [-0.4, -0.2) is 41.1 Å². The third-order valence-electron chi connectivity index (χ3n) is 5.24. The Hall–Kier alpha value is -1.99. The minimum absolute atomic E-state index is 0.173. The summed E-state index contributed by atoms with van der Waals surface area (Å²) in [6, 6.07) is 6.35. The van der Waals surface area contributed by atoms with Crippen molar-refractivity contribution in [2.75, 3.05) is 13.1 Å². The molecule has 0 radical (unpaired) electrons. The molecule has 1 fully saturated rings. The summed E-state index contributed by atoms with van der Waals surface area (Å²) < 4.78 is 29.7. The van der Waals surface area contributed by atoms with Gasteiger partial charge in [0.2, 0.25) is 15.8 Å². The number of piperidine rings is 1. The number of aromatic nitrogens is 2. The number of imidazole rings is 1.